The first-order valence-corrected chi connectivity index (χ1v) is 9.37. The summed E-state index contributed by atoms with van der Waals surface area (Å²) in [6.07, 6.45) is 0.661. The van der Waals surface area contributed by atoms with E-state index in [2.05, 4.69) is 5.32 Å². The zero-order valence-electron chi connectivity index (χ0n) is 14.9. The minimum absolute atomic E-state index is 0.0801. The van der Waals surface area contributed by atoms with Crippen molar-refractivity contribution in [2.24, 2.45) is 0 Å². The molecular formula is C21H19NO4S. The number of ketones is 1. The second kappa shape index (κ2) is 8.60. The van der Waals surface area contributed by atoms with Gasteiger partial charge in [0.15, 0.2) is 6.61 Å². The summed E-state index contributed by atoms with van der Waals surface area (Å²) >= 11 is 1.35. The number of fused-ring (bicyclic) bond motifs is 1. The maximum Gasteiger partial charge on any atom is 0.338 e. The smallest absolute Gasteiger partial charge is 0.338 e. The van der Waals surface area contributed by atoms with Gasteiger partial charge in [-0.1, -0.05) is 30.3 Å². The van der Waals surface area contributed by atoms with Gasteiger partial charge in [0.1, 0.15) is 0 Å². The molecule has 6 heteroatoms. The van der Waals surface area contributed by atoms with Gasteiger partial charge in [-0.15, -0.1) is 11.3 Å². The third kappa shape index (κ3) is 5.01. The molecule has 0 aliphatic heterocycles. The number of rotatable bonds is 7. The zero-order valence-corrected chi connectivity index (χ0v) is 15.7. The fourth-order valence-corrected chi connectivity index (χ4v) is 3.56. The van der Waals surface area contributed by atoms with Crippen molar-refractivity contribution in [2.45, 2.75) is 13.3 Å². The third-order valence-corrected chi connectivity index (χ3v) is 5.19. The summed E-state index contributed by atoms with van der Waals surface area (Å²) in [5.41, 5.74) is 0.420. The number of benzene rings is 2. The number of hydrogen-bond acceptors (Lipinski definition) is 5. The van der Waals surface area contributed by atoms with Crippen molar-refractivity contribution in [1.29, 1.82) is 0 Å². The lowest BCUT2D eigenvalue weighted by molar-refractivity contribution is -0.118. The largest absolute Gasteiger partial charge is 0.454 e. The molecule has 138 valence electrons. The van der Waals surface area contributed by atoms with Gasteiger partial charge in [0.05, 0.1) is 10.4 Å². The molecule has 0 saturated carbocycles. The summed E-state index contributed by atoms with van der Waals surface area (Å²) in [7, 11) is 0. The second-order valence-corrected chi connectivity index (χ2v) is 7.23. The monoisotopic (exact) mass is 381 g/mol. The molecule has 1 N–H and O–H groups in total. The van der Waals surface area contributed by atoms with Crippen molar-refractivity contribution in [2.75, 3.05) is 13.2 Å². The van der Waals surface area contributed by atoms with Gasteiger partial charge in [0, 0.05) is 18.3 Å². The number of ether oxygens (including phenoxy) is 1. The standard InChI is InChI=1S/C21H19NO4S/c1-14(23)22-11-10-18-8-9-20(27-18)19(24)13-26-21(25)17-7-6-15-4-2-3-5-16(15)12-17/h2-9,12H,10-11,13H2,1H3,(H,22,23). The molecule has 3 aromatic rings. The van der Waals surface area contributed by atoms with Crippen molar-refractivity contribution in [3.05, 3.63) is 69.9 Å². The lowest BCUT2D eigenvalue weighted by Crippen LogP contribution is -2.22. The van der Waals surface area contributed by atoms with Crippen LogP contribution in [-0.2, 0) is 16.0 Å². The van der Waals surface area contributed by atoms with Crippen LogP contribution in [0.25, 0.3) is 10.8 Å². The maximum absolute atomic E-state index is 12.3. The highest BCUT2D eigenvalue weighted by Gasteiger charge is 2.14. The Morgan fingerprint density at radius 2 is 1.78 bits per heavy atom. The summed E-state index contributed by atoms with van der Waals surface area (Å²) in [6.45, 7) is 1.70. The Balaban J connectivity index is 1.55. The van der Waals surface area contributed by atoms with Crippen LogP contribution in [0.1, 0.15) is 31.8 Å². The van der Waals surface area contributed by atoms with Crippen LogP contribution < -0.4 is 5.32 Å². The number of carbonyl (C=O) groups is 3. The van der Waals surface area contributed by atoms with Crippen LogP contribution in [0.2, 0.25) is 0 Å². The van der Waals surface area contributed by atoms with E-state index in [4.69, 9.17) is 4.74 Å². The van der Waals surface area contributed by atoms with E-state index in [1.165, 1.54) is 18.3 Å². The molecule has 0 radical (unpaired) electrons. The molecule has 0 atom stereocenters. The van der Waals surface area contributed by atoms with Gasteiger partial charge in [0.25, 0.3) is 0 Å². The first kappa shape index (κ1) is 18.8. The van der Waals surface area contributed by atoms with Gasteiger partial charge >= 0.3 is 5.97 Å². The molecule has 1 amide bonds. The average Bonchev–Trinajstić information content (AvgIpc) is 3.14. The lowest BCUT2D eigenvalue weighted by atomic mass is 10.1. The summed E-state index contributed by atoms with van der Waals surface area (Å²) in [4.78, 5) is 36.9. The highest BCUT2D eigenvalue weighted by molar-refractivity contribution is 7.14. The first-order valence-electron chi connectivity index (χ1n) is 8.55. The molecule has 3 rings (SSSR count). The van der Waals surface area contributed by atoms with Gasteiger partial charge in [0.2, 0.25) is 11.7 Å². The number of Topliss-reactive ketones (excluding diaryl/α,β-unsaturated/α-hetero) is 1. The molecule has 27 heavy (non-hydrogen) atoms. The number of amides is 1. The Bertz CT molecular complexity index is 993. The average molecular weight is 381 g/mol. The molecule has 5 nitrogen and oxygen atoms in total. The molecule has 1 heterocycles. The molecule has 0 aliphatic rings. The van der Waals surface area contributed by atoms with Crippen molar-refractivity contribution in [3.63, 3.8) is 0 Å². The normalized spacial score (nSPS) is 10.6. The van der Waals surface area contributed by atoms with Crippen molar-refractivity contribution in [1.82, 2.24) is 5.32 Å². The summed E-state index contributed by atoms with van der Waals surface area (Å²) < 4.78 is 5.18. The van der Waals surface area contributed by atoms with E-state index in [-0.39, 0.29) is 18.3 Å². The molecule has 0 bridgehead atoms. The SMILES string of the molecule is CC(=O)NCCc1ccc(C(=O)COC(=O)c2ccc3ccccc3c2)s1. The van der Waals surface area contributed by atoms with Crippen LogP contribution in [0.3, 0.4) is 0 Å². The van der Waals surface area contributed by atoms with Crippen molar-refractivity contribution in [3.8, 4) is 0 Å². The van der Waals surface area contributed by atoms with E-state index in [9.17, 15) is 14.4 Å². The zero-order chi connectivity index (χ0) is 19.2. The van der Waals surface area contributed by atoms with Crippen LogP contribution in [0.5, 0.6) is 0 Å². The number of nitrogens with one attached hydrogen (secondary N) is 1. The van der Waals surface area contributed by atoms with E-state index in [1.54, 1.807) is 18.2 Å². The van der Waals surface area contributed by atoms with Gasteiger partial charge in [-0.25, -0.2) is 4.79 Å². The molecule has 0 saturated heterocycles. The summed E-state index contributed by atoms with van der Waals surface area (Å²) in [6, 6.07) is 16.6. The molecule has 0 aliphatic carbocycles. The Morgan fingerprint density at radius 1 is 1.00 bits per heavy atom. The highest BCUT2D eigenvalue weighted by atomic mass is 32.1. The van der Waals surface area contributed by atoms with Crippen LogP contribution >= 0.6 is 11.3 Å². The topological polar surface area (TPSA) is 72.5 Å². The fraction of sp³-hybridized carbons (Fsp3) is 0.190. The highest BCUT2D eigenvalue weighted by Crippen LogP contribution is 2.19. The van der Waals surface area contributed by atoms with E-state index in [1.807, 2.05) is 36.4 Å². The van der Waals surface area contributed by atoms with Crippen LogP contribution in [0.15, 0.2) is 54.6 Å². The Labute approximate surface area is 161 Å². The minimum atomic E-state index is -0.517. The van der Waals surface area contributed by atoms with Gasteiger partial charge < -0.3 is 10.1 Å². The predicted molar refractivity (Wildman–Crippen MR) is 105 cm³/mol. The number of esters is 1. The summed E-state index contributed by atoms with van der Waals surface area (Å²) in [5.74, 6) is -0.833. The Hall–Kier alpha value is -2.99. The number of carbonyl (C=O) groups excluding carboxylic acids is 3. The molecule has 0 fully saturated rings. The van der Waals surface area contributed by atoms with Gasteiger partial charge in [-0.05, 0) is 41.5 Å². The van der Waals surface area contributed by atoms with E-state index >= 15 is 0 Å². The lowest BCUT2D eigenvalue weighted by Gasteiger charge is -2.05. The second-order valence-electron chi connectivity index (χ2n) is 6.06. The Morgan fingerprint density at radius 3 is 2.56 bits per heavy atom. The van der Waals surface area contributed by atoms with Crippen molar-refractivity contribution >= 4 is 39.8 Å². The number of thiophene rings is 1. The van der Waals surface area contributed by atoms with Gasteiger partial charge in [-0.3, -0.25) is 9.59 Å². The summed E-state index contributed by atoms with van der Waals surface area (Å²) in [5, 5.41) is 4.70. The van der Waals surface area contributed by atoms with Gasteiger partial charge in [-0.2, -0.15) is 0 Å². The Kier molecular flexibility index (Phi) is 5.98. The maximum atomic E-state index is 12.3. The first-order chi connectivity index (χ1) is 13.0. The van der Waals surface area contributed by atoms with E-state index in [0.29, 0.717) is 23.4 Å². The quantitative estimate of drug-likeness (QED) is 0.501. The van der Waals surface area contributed by atoms with Crippen LogP contribution in [-0.4, -0.2) is 30.8 Å². The molecule has 1 aromatic heterocycles. The molecule has 0 unspecified atom stereocenters. The van der Waals surface area contributed by atoms with Crippen LogP contribution in [0, 0.1) is 0 Å². The fourth-order valence-electron chi connectivity index (χ4n) is 2.63. The molecule has 2 aromatic carbocycles. The van der Waals surface area contributed by atoms with Crippen LogP contribution in [0.4, 0.5) is 0 Å². The van der Waals surface area contributed by atoms with Crippen molar-refractivity contribution < 1.29 is 19.1 Å². The predicted octanol–water partition coefficient (Wildman–Crippen LogP) is 3.62. The molecular weight excluding hydrogens is 362 g/mol. The van der Waals surface area contributed by atoms with E-state index in [0.717, 1.165) is 15.6 Å². The molecule has 0 spiro atoms. The number of hydrogen-bond donors (Lipinski definition) is 1. The van der Waals surface area contributed by atoms with E-state index < -0.39 is 5.97 Å². The minimum Gasteiger partial charge on any atom is -0.454 e. The third-order valence-electron chi connectivity index (χ3n) is 4.00.